The van der Waals surface area contributed by atoms with Crippen molar-refractivity contribution in [3.05, 3.63) is 47.7 Å². The summed E-state index contributed by atoms with van der Waals surface area (Å²) < 4.78 is 0. The van der Waals surface area contributed by atoms with Crippen LogP contribution in [-0.4, -0.2) is 24.8 Å². The lowest BCUT2D eigenvalue weighted by molar-refractivity contribution is -0.110. The molecule has 3 nitrogen and oxygen atoms in total. The van der Waals surface area contributed by atoms with Crippen LogP contribution in [-0.2, 0) is 4.79 Å². The van der Waals surface area contributed by atoms with E-state index in [2.05, 4.69) is 16.1 Å². The van der Waals surface area contributed by atoms with Crippen molar-refractivity contribution in [1.29, 1.82) is 0 Å². The second-order valence-electron chi connectivity index (χ2n) is 4.17. The molecule has 2 aliphatic heterocycles. The van der Waals surface area contributed by atoms with E-state index in [0.717, 1.165) is 37.0 Å². The van der Waals surface area contributed by atoms with E-state index in [1.54, 1.807) is 24.6 Å². The van der Waals surface area contributed by atoms with Crippen molar-refractivity contribution in [1.82, 2.24) is 0 Å². The molecule has 0 amide bonds. The maximum atomic E-state index is 11.6. The fraction of sp³-hybridized carbons (Fsp3) is 0.267. The van der Waals surface area contributed by atoms with Gasteiger partial charge in [0.15, 0.2) is 5.78 Å². The van der Waals surface area contributed by atoms with Gasteiger partial charge < -0.3 is 0 Å². The van der Waals surface area contributed by atoms with E-state index in [9.17, 15) is 4.79 Å². The standard InChI is InChI=1S/C15H16N2O/c18-15(7-5-13-3-1-9-16-11-13)8-6-14-4-2-10-17-12-14/h3,5-8,10-12H,1-2,4,9H2/b7-5+,8-6+. The maximum Gasteiger partial charge on any atom is 0.178 e. The highest BCUT2D eigenvalue weighted by molar-refractivity contribution is 6.00. The van der Waals surface area contributed by atoms with Gasteiger partial charge in [-0.2, -0.15) is 0 Å². The van der Waals surface area contributed by atoms with Crippen LogP contribution in [0.5, 0.6) is 0 Å². The number of hydrogen-bond acceptors (Lipinski definition) is 3. The topological polar surface area (TPSA) is 41.8 Å². The third-order valence-electron chi connectivity index (χ3n) is 2.69. The maximum absolute atomic E-state index is 11.6. The van der Waals surface area contributed by atoms with Gasteiger partial charge in [-0.25, -0.2) is 0 Å². The molecular weight excluding hydrogens is 224 g/mol. The van der Waals surface area contributed by atoms with Gasteiger partial charge in [-0.3, -0.25) is 14.8 Å². The van der Waals surface area contributed by atoms with Crippen LogP contribution in [0.2, 0.25) is 0 Å². The number of hydrogen-bond donors (Lipinski definition) is 0. The molecule has 0 radical (unpaired) electrons. The Balaban J connectivity index is 1.88. The van der Waals surface area contributed by atoms with E-state index in [1.165, 1.54) is 0 Å². The van der Waals surface area contributed by atoms with Crippen molar-refractivity contribution >= 4 is 18.2 Å². The van der Waals surface area contributed by atoms with Gasteiger partial charge in [-0.15, -0.1) is 0 Å². The SMILES string of the molecule is O=C(/C=C/C1=CCCN=C1)/C=C/C1=CN=CCC1. The molecule has 0 aromatic rings. The van der Waals surface area contributed by atoms with E-state index >= 15 is 0 Å². The van der Waals surface area contributed by atoms with Crippen LogP contribution in [0.1, 0.15) is 19.3 Å². The number of dihydropyridines is 1. The van der Waals surface area contributed by atoms with Crippen LogP contribution in [0.15, 0.2) is 57.7 Å². The Labute approximate surface area is 107 Å². The molecule has 3 heteroatoms. The van der Waals surface area contributed by atoms with Gasteiger partial charge in [0, 0.05) is 25.2 Å². The summed E-state index contributed by atoms with van der Waals surface area (Å²) in [5, 5.41) is 0. The van der Waals surface area contributed by atoms with Gasteiger partial charge in [-0.05, 0) is 48.6 Å². The molecule has 92 valence electrons. The lowest BCUT2D eigenvalue weighted by Crippen LogP contribution is -1.93. The second kappa shape index (κ2) is 6.64. The minimum absolute atomic E-state index is 0.00896. The van der Waals surface area contributed by atoms with Gasteiger partial charge in [0.2, 0.25) is 0 Å². The molecule has 2 aliphatic rings. The lowest BCUT2D eigenvalue weighted by Gasteiger charge is -2.01. The number of carbonyl (C=O) groups excluding carboxylic acids is 1. The van der Waals surface area contributed by atoms with Crippen LogP contribution in [0.25, 0.3) is 0 Å². The van der Waals surface area contributed by atoms with Gasteiger partial charge >= 0.3 is 0 Å². The van der Waals surface area contributed by atoms with Crippen molar-refractivity contribution in [2.24, 2.45) is 9.98 Å². The highest BCUT2D eigenvalue weighted by Crippen LogP contribution is 2.10. The highest BCUT2D eigenvalue weighted by atomic mass is 16.1. The Morgan fingerprint density at radius 1 is 1.22 bits per heavy atom. The van der Waals surface area contributed by atoms with Crippen molar-refractivity contribution in [3.63, 3.8) is 0 Å². The lowest BCUT2D eigenvalue weighted by atomic mass is 10.1. The molecule has 0 saturated carbocycles. The fourth-order valence-electron chi connectivity index (χ4n) is 1.71. The molecule has 18 heavy (non-hydrogen) atoms. The zero-order chi connectivity index (χ0) is 12.6. The third kappa shape index (κ3) is 4.09. The summed E-state index contributed by atoms with van der Waals surface area (Å²) in [5.41, 5.74) is 2.10. The quantitative estimate of drug-likeness (QED) is 0.697. The summed E-state index contributed by atoms with van der Waals surface area (Å²) in [6.45, 7) is 0.847. The minimum atomic E-state index is -0.00896. The molecule has 0 aliphatic carbocycles. The van der Waals surface area contributed by atoms with Crippen LogP contribution < -0.4 is 0 Å². The summed E-state index contributed by atoms with van der Waals surface area (Å²) in [4.78, 5) is 19.8. The van der Waals surface area contributed by atoms with Crippen molar-refractivity contribution < 1.29 is 4.79 Å². The smallest absolute Gasteiger partial charge is 0.178 e. The predicted molar refractivity (Wildman–Crippen MR) is 75.2 cm³/mol. The van der Waals surface area contributed by atoms with Crippen LogP contribution in [0.4, 0.5) is 0 Å². The Kier molecular flexibility index (Phi) is 4.59. The van der Waals surface area contributed by atoms with Gasteiger partial charge in [0.1, 0.15) is 0 Å². The van der Waals surface area contributed by atoms with Crippen molar-refractivity contribution in [2.75, 3.05) is 6.54 Å². The summed E-state index contributed by atoms with van der Waals surface area (Å²) in [6, 6.07) is 0. The molecular formula is C15H16N2O. The molecule has 0 saturated heterocycles. The first-order valence-electron chi connectivity index (χ1n) is 6.15. The molecule has 0 N–H and O–H groups in total. The largest absolute Gasteiger partial charge is 0.292 e. The fourth-order valence-corrected chi connectivity index (χ4v) is 1.71. The second-order valence-corrected chi connectivity index (χ2v) is 4.17. The molecule has 0 aromatic carbocycles. The summed E-state index contributed by atoms with van der Waals surface area (Å²) >= 11 is 0. The normalized spacial score (nSPS) is 19.3. The van der Waals surface area contributed by atoms with Crippen LogP contribution in [0, 0.1) is 0 Å². The van der Waals surface area contributed by atoms with E-state index in [-0.39, 0.29) is 5.78 Å². The average molecular weight is 240 g/mol. The number of aliphatic imine (C=N–C) groups is 2. The molecule has 0 fully saturated rings. The zero-order valence-corrected chi connectivity index (χ0v) is 10.2. The van der Waals surface area contributed by atoms with Gasteiger partial charge in [-0.1, -0.05) is 12.2 Å². The van der Waals surface area contributed by atoms with Crippen molar-refractivity contribution in [2.45, 2.75) is 19.3 Å². The predicted octanol–water partition coefficient (Wildman–Crippen LogP) is 2.82. The summed E-state index contributed by atoms with van der Waals surface area (Å²) in [6.07, 6.45) is 17.2. The summed E-state index contributed by atoms with van der Waals surface area (Å²) in [5.74, 6) is -0.00896. The number of ketones is 1. The Bertz CT molecular complexity index is 491. The highest BCUT2D eigenvalue weighted by Gasteiger charge is 1.98. The Hall–Kier alpha value is -2.03. The van der Waals surface area contributed by atoms with E-state index in [4.69, 9.17) is 0 Å². The molecule has 2 rings (SSSR count). The monoisotopic (exact) mass is 240 g/mol. The first-order chi connectivity index (χ1) is 8.84. The average Bonchev–Trinajstić information content (AvgIpc) is 2.45. The van der Waals surface area contributed by atoms with Crippen LogP contribution >= 0.6 is 0 Å². The molecule has 2 heterocycles. The zero-order valence-electron chi connectivity index (χ0n) is 10.2. The Morgan fingerprint density at radius 2 is 2.11 bits per heavy atom. The third-order valence-corrected chi connectivity index (χ3v) is 2.69. The van der Waals surface area contributed by atoms with E-state index < -0.39 is 0 Å². The molecule has 0 atom stereocenters. The molecule has 0 aromatic heterocycles. The first-order valence-corrected chi connectivity index (χ1v) is 6.15. The number of allylic oxidation sites excluding steroid dienone is 6. The Morgan fingerprint density at radius 3 is 2.83 bits per heavy atom. The minimum Gasteiger partial charge on any atom is -0.292 e. The molecule has 0 bridgehead atoms. The molecule has 0 spiro atoms. The van der Waals surface area contributed by atoms with E-state index in [1.807, 2.05) is 18.4 Å². The number of nitrogens with zero attached hydrogens (tertiary/aromatic N) is 2. The van der Waals surface area contributed by atoms with Gasteiger partial charge in [0.05, 0.1) is 0 Å². The van der Waals surface area contributed by atoms with E-state index in [0.29, 0.717) is 0 Å². The number of carbonyl (C=O) groups is 1. The number of rotatable bonds is 4. The summed E-state index contributed by atoms with van der Waals surface area (Å²) in [7, 11) is 0. The molecule has 0 unspecified atom stereocenters. The van der Waals surface area contributed by atoms with Gasteiger partial charge in [0.25, 0.3) is 0 Å². The first kappa shape index (κ1) is 12.4. The van der Waals surface area contributed by atoms with Crippen molar-refractivity contribution in [3.8, 4) is 0 Å². The van der Waals surface area contributed by atoms with Crippen LogP contribution in [0.3, 0.4) is 0 Å².